The highest BCUT2D eigenvalue weighted by atomic mass is 19.4. The summed E-state index contributed by atoms with van der Waals surface area (Å²) in [6, 6.07) is 17.1. The molecule has 0 fully saturated rings. The molecule has 0 aliphatic heterocycles. The number of nitrogens with zero attached hydrogens (tertiary/aromatic N) is 3. The van der Waals surface area contributed by atoms with E-state index in [9.17, 15) is 22.8 Å². The molecule has 0 bridgehead atoms. The van der Waals surface area contributed by atoms with E-state index in [4.69, 9.17) is 0 Å². The summed E-state index contributed by atoms with van der Waals surface area (Å²) >= 11 is 0. The Labute approximate surface area is 202 Å². The smallest absolute Gasteiger partial charge is 0.353 e. The molecule has 6 nitrogen and oxygen atoms in total. The second-order valence-corrected chi connectivity index (χ2v) is 7.99. The minimum absolute atomic E-state index is 0.0188. The van der Waals surface area contributed by atoms with Crippen molar-refractivity contribution >= 4 is 17.6 Å². The van der Waals surface area contributed by atoms with Crippen molar-refractivity contribution in [1.29, 1.82) is 0 Å². The third kappa shape index (κ3) is 6.99. The lowest BCUT2D eigenvalue weighted by Gasteiger charge is -2.28. The third-order valence-electron chi connectivity index (χ3n) is 5.41. The van der Waals surface area contributed by atoms with E-state index in [0.717, 1.165) is 22.2 Å². The molecular weight excluding hydrogens is 457 g/mol. The number of hydrogen-bond acceptors (Lipinski definition) is 2. The fourth-order valence-electron chi connectivity index (χ4n) is 3.56. The number of hydrogen-bond donors (Lipinski definition) is 1. The molecule has 184 valence electrons. The quantitative estimate of drug-likeness (QED) is 0.420. The molecular formula is C26H27F3N4O2. The highest BCUT2D eigenvalue weighted by molar-refractivity contribution is 5.93. The van der Waals surface area contributed by atoms with E-state index in [0.29, 0.717) is 13.1 Å². The molecule has 0 saturated heterocycles. The van der Waals surface area contributed by atoms with Crippen LogP contribution in [0.4, 0.5) is 23.7 Å². The number of aryl methyl sites for hydroxylation is 1. The maximum Gasteiger partial charge on any atom is 0.418 e. The third-order valence-corrected chi connectivity index (χ3v) is 5.41. The number of carbonyl (C=O) groups excluding carboxylic acids is 2. The summed E-state index contributed by atoms with van der Waals surface area (Å²) in [6.07, 6.45) is -1.35. The number of amides is 3. The minimum atomic E-state index is -4.63. The van der Waals surface area contributed by atoms with Crippen LogP contribution in [0.25, 0.3) is 0 Å². The maximum atomic E-state index is 13.3. The number of benzene rings is 2. The minimum Gasteiger partial charge on any atom is -0.353 e. The summed E-state index contributed by atoms with van der Waals surface area (Å²) in [5.41, 5.74) is 0.464. The SMILES string of the molecule is C=CCN(CC(=O)N(Cc1ccccc1)Cc1cccn1C)C(=O)Nc1ccccc1C(F)(F)F. The van der Waals surface area contributed by atoms with Crippen LogP contribution >= 0.6 is 0 Å². The summed E-state index contributed by atoms with van der Waals surface area (Å²) in [5.74, 6) is -0.351. The summed E-state index contributed by atoms with van der Waals surface area (Å²) in [4.78, 5) is 29.0. The summed E-state index contributed by atoms with van der Waals surface area (Å²) < 4.78 is 41.9. The zero-order chi connectivity index (χ0) is 25.4. The fourth-order valence-corrected chi connectivity index (χ4v) is 3.56. The van der Waals surface area contributed by atoms with Crippen LogP contribution in [-0.2, 0) is 31.1 Å². The number of para-hydroxylation sites is 1. The van der Waals surface area contributed by atoms with Gasteiger partial charge in [0.15, 0.2) is 0 Å². The van der Waals surface area contributed by atoms with Crippen molar-refractivity contribution < 1.29 is 22.8 Å². The Hall–Kier alpha value is -4.01. The molecule has 35 heavy (non-hydrogen) atoms. The summed E-state index contributed by atoms with van der Waals surface area (Å²) in [5, 5.41) is 2.30. The summed E-state index contributed by atoms with van der Waals surface area (Å²) in [7, 11) is 1.87. The molecule has 3 aromatic rings. The second-order valence-electron chi connectivity index (χ2n) is 7.99. The molecule has 0 unspecified atom stereocenters. The number of urea groups is 1. The van der Waals surface area contributed by atoms with Crippen LogP contribution in [0, 0.1) is 0 Å². The molecule has 0 aliphatic rings. The van der Waals surface area contributed by atoms with Crippen molar-refractivity contribution in [1.82, 2.24) is 14.4 Å². The molecule has 1 N–H and O–H groups in total. The predicted molar refractivity (Wildman–Crippen MR) is 128 cm³/mol. The van der Waals surface area contributed by atoms with E-state index < -0.39 is 17.8 Å². The molecule has 0 radical (unpaired) electrons. The monoisotopic (exact) mass is 484 g/mol. The van der Waals surface area contributed by atoms with E-state index in [2.05, 4.69) is 11.9 Å². The number of anilines is 1. The molecule has 9 heteroatoms. The first kappa shape index (κ1) is 25.6. The van der Waals surface area contributed by atoms with Gasteiger partial charge in [-0.2, -0.15) is 13.2 Å². The molecule has 0 aliphatic carbocycles. The molecule has 0 atom stereocenters. The number of nitrogens with one attached hydrogen (secondary N) is 1. The Morgan fingerprint density at radius 3 is 2.29 bits per heavy atom. The Balaban J connectivity index is 1.79. The topological polar surface area (TPSA) is 57.6 Å². The van der Waals surface area contributed by atoms with Gasteiger partial charge < -0.3 is 19.7 Å². The Bertz CT molecular complexity index is 1160. The first-order chi connectivity index (χ1) is 16.7. The van der Waals surface area contributed by atoms with Gasteiger partial charge in [-0.05, 0) is 29.8 Å². The molecule has 2 aromatic carbocycles. The zero-order valence-corrected chi connectivity index (χ0v) is 19.3. The van der Waals surface area contributed by atoms with Crippen LogP contribution < -0.4 is 5.32 Å². The van der Waals surface area contributed by atoms with Gasteiger partial charge in [0, 0.05) is 32.0 Å². The van der Waals surface area contributed by atoms with Gasteiger partial charge >= 0.3 is 12.2 Å². The van der Waals surface area contributed by atoms with E-state index in [-0.39, 0.29) is 24.7 Å². The Kier molecular flexibility index (Phi) is 8.35. The maximum absolute atomic E-state index is 13.3. The van der Waals surface area contributed by atoms with Crippen LogP contribution in [0.2, 0.25) is 0 Å². The fraction of sp³-hybridized carbons (Fsp3) is 0.231. The molecule has 0 saturated carbocycles. The van der Waals surface area contributed by atoms with Crippen molar-refractivity contribution in [3.05, 3.63) is 102 Å². The number of alkyl halides is 3. The van der Waals surface area contributed by atoms with E-state index in [1.807, 2.05) is 60.3 Å². The van der Waals surface area contributed by atoms with Gasteiger partial charge in [-0.1, -0.05) is 48.5 Å². The van der Waals surface area contributed by atoms with Gasteiger partial charge in [0.2, 0.25) is 5.91 Å². The molecule has 3 amide bonds. The second kappa shape index (κ2) is 11.4. The lowest BCUT2D eigenvalue weighted by molar-refractivity contribution is -0.137. The lowest BCUT2D eigenvalue weighted by atomic mass is 10.1. The van der Waals surface area contributed by atoms with Gasteiger partial charge in [0.1, 0.15) is 6.54 Å². The van der Waals surface area contributed by atoms with E-state index >= 15 is 0 Å². The number of aromatic nitrogens is 1. The predicted octanol–water partition coefficient (Wildman–Crippen LogP) is 5.29. The highest BCUT2D eigenvalue weighted by Crippen LogP contribution is 2.34. The number of rotatable bonds is 9. The van der Waals surface area contributed by atoms with Crippen LogP contribution in [-0.4, -0.2) is 39.4 Å². The Morgan fingerprint density at radius 1 is 0.971 bits per heavy atom. The number of carbonyl (C=O) groups is 2. The van der Waals surface area contributed by atoms with Crippen molar-refractivity contribution in [3.8, 4) is 0 Å². The lowest BCUT2D eigenvalue weighted by Crippen LogP contribution is -2.44. The standard InChI is InChI=1S/C26H27F3N4O2/c1-3-15-32(25(35)30-23-14-8-7-13-22(23)26(27,28)29)19-24(34)33(17-20-10-5-4-6-11-20)18-21-12-9-16-31(21)2/h3-14,16H,1,15,17-19H2,2H3,(H,30,35). The summed E-state index contributed by atoms with van der Waals surface area (Å²) in [6.45, 7) is 3.87. The average molecular weight is 485 g/mol. The zero-order valence-electron chi connectivity index (χ0n) is 19.3. The van der Waals surface area contributed by atoms with Gasteiger partial charge in [-0.3, -0.25) is 4.79 Å². The van der Waals surface area contributed by atoms with Crippen LogP contribution in [0.1, 0.15) is 16.8 Å². The average Bonchev–Trinajstić information content (AvgIpc) is 3.23. The van der Waals surface area contributed by atoms with E-state index in [1.165, 1.54) is 24.3 Å². The van der Waals surface area contributed by atoms with Gasteiger partial charge in [0.25, 0.3) is 0 Å². The van der Waals surface area contributed by atoms with E-state index in [1.54, 1.807) is 4.90 Å². The number of halogens is 3. The van der Waals surface area contributed by atoms with Crippen molar-refractivity contribution in [3.63, 3.8) is 0 Å². The van der Waals surface area contributed by atoms with Crippen LogP contribution in [0.5, 0.6) is 0 Å². The molecule has 3 rings (SSSR count). The van der Waals surface area contributed by atoms with Crippen LogP contribution in [0.3, 0.4) is 0 Å². The van der Waals surface area contributed by atoms with Crippen molar-refractivity contribution in [2.75, 3.05) is 18.4 Å². The molecule has 1 aromatic heterocycles. The first-order valence-corrected chi connectivity index (χ1v) is 10.9. The first-order valence-electron chi connectivity index (χ1n) is 10.9. The van der Waals surface area contributed by atoms with Crippen molar-refractivity contribution in [2.24, 2.45) is 7.05 Å². The molecule has 0 spiro atoms. The molecule has 1 heterocycles. The van der Waals surface area contributed by atoms with Gasteiger partial charge in [-0.25, -0.2) is 4.79 Å². The van der Waals surface area contributed by atoms with Gasteiger partial charge in [-0.15, -0.1) is 6.58 Å². The van der Waals surface area contributed by atoms with Gasteiger partial charge in [0.05, 0.1) is 17.8 Å². The highest BCUT2D eigenvalue weighted by Gasteiger charge is 2.34. The van der Waals surface area contributed by atoms with Crippen LogP contribution in [0.15, 0.2) is 85.6 Å². The van der Waals surface area contributed by atoms with Crippen molar-refractivity contribution in [2.45, 2.75) is 19.3 Å². The largest absolute Gasteiger partial charge is 0.418 e. The Morgan fingerprint density at radius 2 is 1.66 bits per heavy atom. The normalized spacial score (nSPS) is 11.1.